The van der Waals surface area contributed by atoms with Gasteiger partial charge >= 0.3 is 0 Å². The van der Waals surface area contributed by atoms with Crippen molar-refractivity contribution in [1.82, 2.24) is 9.97 Å². The highest BCUT2D eigenvalue weighted by Gasteiger charge is 1.98. The molecule has 0 aliphatic carbocycles. The van der Waals surface area contributed by atoms with Crippen LogP contribution in [0.1, 0.15) is 25.5 Å². The van der Waals surface area contributed by atoms with Crippen molar-refractivity contribution in [3.8, 4) is 0 Å². The van der Waals surface area contributed by atoms with E-state index >= 15 is 0 Å². The number of aromatic nitrogens is 2. The zero-order chi connectivity index (χ0) is 8.43. The van der Waals surface area contributed by atoms with E-state index in [-0.39, 0.29) is 0 Å². The van der Waals surface area contributed by atoms with Crippen LogP contribution in [0.25, 0.3) is 13.2 Å². The summed E-state index contributed by atoms with van der Waals surface area (Å²) in [6.45, 7) is 11.6. The second-order valence-corrected chi connectivity index (χ2v) is 2.84. The van der Waals surface area contributed by atoms with Crippen LogP contribution in [0, 0.1) is 0 Å². The van der Waals surface area contributed by atoms with Gasteiger partial charge in [-0.1, -0.05) is 27.0 Å². The van der Waals surface area contributed by atoms with Gasteiger partial charge in [0.2, 0.25) is 0 Å². The SMILES string of the molecule is C=c1ncc(C(C)C)nc1=C. The monoisotopic (exact) mass is 148 g/mol. The summed E-state index contributed by atoms with van der Waals surface area (Å²) in [4.78, 5) is 8.30. The van der Waals surface area contributed by atoms with Crippen LogP contribution in [0.15, 0.2) is 6.20 Å². The molecule has 0 saturated carbocycles. The van der Waals surface area contributed by atoms with Gasteiger partial charge in [-0.3, -0.25) is 4.98 Å². The summed E-state index contributed by atoms with van der Waals surface area (Å²) in [6, 6.07) is 0. The Morgan fingerprint density at radius 3 is 2.36 bits per heavy atom. The Bertz CT molecular complexity index is 341. The lowest BCUT2D eigenvalue weighted by Crippen LogP contribution is -2.29. The molecular formula is C9H12N2. The summed E-state index contributed by atoms with van der Waals surface area (Å²) in [5.41, 5.74) is 0.974. The van der Waals surface area contributed by atoms with Gasteiger partial charge in [0, 0.05) is 6.20 Å². The van der Waals surface area contributed by atoms with Gasteiger partial charge in [-0.2, -0.15) is 0 Å². The minimum absolute atomic E-state index is 0.406. The second-order valence-electron chi connectivity index (χ2n) is 2.84. The van der Waals surface area contributed by atoms with Crippen molar-refractivity contribution in [2.45, 2.75) is 19.8 Å². The van der Waals surface area contributed by atoms with E-state index in [1.54, 1.807) is 6.20 Å². The van der Waals surface area contributed by atoms with Crippen molar-refractivity contribution in [3.63, 3.8) is 0 Å². The number of rotatable bonds is 1. The van der Waals surface area contributed by atoms with Gasteiger partial charge in [-0.15, -0.1) is 0 Å². The average molecular weight is 148 g/mol. The fourth-order valence-electron chi connectivity index (χ4n) is 0.746. The third-order valence-corrected chi connectivity index (χ3v) is 1.54. The van der Waals surface area contributed by atoms with Crippen molar-refractivity contribution in [2.75, 3.05) is 0 Å². The molecule has 1 aromatic heterocycles. The van der Waals surface area contributed by atoms with E-state index in [0.29, 0.717) is 16.6 Å². The smallest absolute Gasteiger partial charge is 0.0812 e. The molecule has 0 atom stereocenters. The molecule has 1 aromatic rings. The predicted molar refractivity (Wildman–Crippen MR) is 46.4 cm³/mol. The van der Waals surface area contributed by atoms with Crippen LogP contribution in [-0.2, 0) is 0 Å². The van der Waals surface area contributed by atoms with E-state index in [4.69, 9.17) is 0 Å². The lowest BCUT2D eigenvalue weighted by atomic mass is 10.1. The van der Waals surface area contributed by atoms with Crippen molar-refractivity contribution in [3.05, 3.63) is 22.6 Å². The van der Waals surface area contributed by atoms with E-state index in [0.717, 1.165) is 5.69 Å². The highest BCUT2D eigenvalue weighted by Crippen LogP contribution is 2.05. The van der Waals surface area contributed by atoms with Gasteiger partial charge in [0.15, 0.2) is 0 Å². The molecule has 0 N–H and O–H groups in total. The number of hydrogen-bond donors (Lipinski definition) is 0. The summed E-state index contributed by atoms with van der Waals surface area (Å²) >= 11 is 0. The predicted octanol–water partition coefficient (Wildman–Crippen LogP) is 0.421. The fourth-order valence-corrected chi connectivity index (χ4v) is 0.746. The van der Waals surface area contributed by atoms with Gasteiger partial charge in [0.25, 0.3) is 0 Å². The van der Waals surface area contributed by atoms with E-state index in [9.17, 15) is 0 Å². The summed E-state index contributed by atoms with van der Waals surface area (Å²) in [7, 11) is 0. The quantitative estimate of drug-likeness (QED) is 0.577. The Kier molecular flexibility index (Phi) is 2.03. The topological polar surface area (TPSA) is 25.8 Å². The van der Waals surface area contributed by atoms with Crippen molar-refractivity contribution in [1.29, 1.82) is 0 Å². The fraction of sp³-hybridized carbons (Fsp3) is 0.333. The Morgan fingerprint density at radius 2 is 1.91 bits per heavy atom. The number of nitrogens with zero attached hydrogens (tertiary/aromatic N) is 2. The maximum atomic E-state index is 4.24. The first-order valence-corrected chi connectivity index (χ1v) is 3.62. The molecule has 58 valence electrons. The van der Waals surface area contributed by atoms with Gasteiger partial charge < -0.3 is 0 Å². The minimum atomic E-state index is 0.406. The third-order valence-electron chi connectivity index (χ3n) is 1.54. The Balaban J connectivity index is 3.27. The summed E-state index contributed by atoms with van der Waals surface area (Å²) in [6.07, 6.45) is 1.75. The molecule has 0 spiro atoms. The molecule has 0 aliphatic heterocycles. The molecule has 0 fully saturated rings. The molecule has 0 aliphatic rings. The maximum absolute atomic E-state index is 4.24. The molecule has 0 radical (unpaired) electrons. The minimum Gasteiger partial charge on any atom is -0.253 e. The van der Waals surface area contributed by atoms with Gasteiger partial charge in [-0.25, -0.2) is 4.98 Å². The molecule has 0 saturated heterocycles. The second kappa shape index (κ2) is 2.82. The average Bonchev–Trinajstić information content (AvgIpc) is 1.94. The van der Waals surface area contributed by atoms with Crippen LogP contribution in [0.2, 0.25) is 0 Å². The van der Waals surface area contributed by atoms with E-state index < -0.39 is 0 Å². The highest BCUT2D eigenvalue weighted by molar-refractivity contribution is 5.08. The standard InChI is InChI=1S/C9H12N2/c1-6(2)9-5-10-7(3)8(4)11-9/h5-6H,3-4H2,1-2H3. The van der Waals surface area contributed by atoms with Gasteiger partial charge in [-0.05, 0) is 5.92 Å². The van der Waals surface area contributed by atoms with Crippen LogP contribution in [0.5, 0.6) is 0 Å². The lowest BCUT2D eigenvalue weighted by molar-refractivity contribution is 0.800. The van der Waals surface area contributed by atoms with Gasteiger partial charge in [0.1, 0.15) is 0 Å². The van der Waals surface area contributed by atoms with Crippen molar-refractivity contribution < 1.29 is 0 Å². The maximum Gasteiger partial charge on any atom is 0.0812 e. The first-order valence-electron chi connectivity index (χ1n) is 3.62. The van der Waals surface area contributed by atoms with Gasteiger partial charge in [0.05, 0.1) is 16.4 Å². The Labute approximate surface area is 66.3 Å². The van der Waals surface area contributed by atoms with Crippen LogP contribution in [-0.4, -0.2) is 9.97 Å². The molecule has 11 heavy (non-hydrogen) atoms. The van der Waals surface area contributed by atoms with Crippen LogP contribution < -0.4 is 10.7 Å². The third kappa shape index (κ3) is 1.64. The van der Waals surface area contributed by atoms with E-state index in [1.807, 2.05) is 0 Å². The molecule has 0 unspecified atom stereocenters. The first kappa shape index (κ1) is 7.92. The van der Waals surface area contributed by atoms with Crippen molar-refractivity contribution >= 4 is 13.2 Å². The highest BCUT2D eigenvalue weighted by atomic mass is 14.8. The van der Waals surface area contributed by atoms with E-state index in [1.165, 1.54) is 0 Å². The molecule has 2 heteroatoms. The molecular weight excluding hydrogens is 136 g/mol. The van der Waals surface area contributed by atoms with Crippen LogP contribution in [0.4, 0.5) is 0 Å². The summed E-state index contributed by atoms with van der Waals surface area (Å²) in [5.74, 6) is 0.406. The molecule has 0 bridgehead atoms. The molecule has 1 rings (SSSR count). The molecule has 0 aromatic carbocycles. The first-order chi connectivity index (χ1) is 5.11. The van der Waals surface area contributed by atoms with Crippen molar-refractivity contribution in [2.24, 2.45) is 0 Å². The Hall–Kier alpha value is -1.18. The largest absolute Gasteiger partial charge is 0.253 e. The summed E-state index contributed by atoms with van der Waals surface area (Å²) < 4.78 is 0. The normalized spacial score (nSPS) is 10.5. The molecule has 2 nitrogen and oxygen atoms in total. The number of hydrogen-bond acceptors (Lipinski definition) is 2. The zero-order valence-corrected chi connectivity index (χ0v) is 6.96. The molecule has 0 amide bonds. The molecule has 1 heterocycles. The Morgan fingerprint density at radius 1 is 1.27 bits per heavy atom. The van der Waals surface area contributed by atoms with Crippen LogP contribution in [0.3, 0.4) is 0 Å². The van der Waals surface area contributed by atoms with E-state index in [2.05, 4.69) is 37.0 Å². The zero-order valence-electron chi connectivity index (χ0n) is 6.96. The summed E-state index contributed by atoms with van der Waals surface area (Å²) in [5, 5.41) is 1.34. The van der Waals surface area contributed by atoms with Crippen LogP contribution >= 0.6 is 0 Å². The lowest BCUT2D eigenvalue weighted by Gasteiger charge is -2.01.